The third kappa shape index (κ3) is 4.42. The molecule has 0 bridgehead atoms. The second-order valence-electron chi connectivity index (χ2n) is 9.54. The first kappa shape index (κ1) is 23.1. The van der Waals surface area contributed by atoms with Gasteiger partial charge in [0, 0.05) is 61.5 Å². The Morgan fingerprint density at radius 3 is 2.63 bits per heavy atom. The third-order valence-corrected chi connectivity index (χ3v) is 6.59. The molecule has 3 aromatic rings. The molecule has 35 heavy (non-hydrogen) atoms. The van der Waals surface area contributed by atoms with Crippen LogP contribution in [-0.2, 0) is 5.79 Å². The lowest BCUT2D eigenvalue weighted by Gasteiger charge is -2.35. The molecule has 2 aromatic heterocycles. The van der Waals surface area contributed by atoms with Crippen LogP contribution in [-0.4, -0.2) is 53.9 Å². The average Bonchev–Trinajstić information content (AvgIpc) is 3.17. The Bertz CT molecular complexity index is 1350. The fourth-order valence-corrected chi connectivity index (χ4v) is 4.44. The second kappa shape index (κ2) is 8.86. The SMILES string of the molecule is CC1=C(Nc2ccc3oc(=O)n(C(C)C)c3c2)NC(N)(c2ccc(N3CCN(C)CC3)nc2)N=C1. The van der Waals surface area contributed by atoms with E-state index < -0.39 is 5.79 Å². The zero-order chi connectivity index (χ0) is 24.7. The van der Waals surface area contributed by atoms with Crippen LogP contribution in [0.5, 0.6) is 0 Å². The minimum atomic E-state index is -1.16. The molecule has 10 heteroatoms. The van der Waals surface area contributed by atoms with Crippen molar-refractivity contribution in [1.29, 1.82) is 0 Å². The molecule has 2 aliphatic heterocycles. The monoisotopic (exact) mass is 476 g/mol. The number of aliphatic imine (C=N–C) groups is 1. The first-order chi connectivity index (χ1) is 16.7. The molecule has 1 atom stereocenters. The standard InChI is InChI=1S/C25H32N8O2/c1-16(2)33-20-13-19(6-7-21(20)35-24(33)34)29-23-17(3)14-28-25(26,30-23)18-5-8-22(27-15-18)32-11-9-31(4)10-12-32/h5-8,13-16,29-30H,9-12,26H2,1-4H3. The number of piperazine rings is 1. The summed E-state index contributed by atoms with van der Waals surface area (Å²) >= 11 is 0. The number of benzene rings is 1. The summed E-state index contributed by atoms with van der Waals surface area (Å²) < 4.78 is 7.01. The molecule has 4 heterocycles. The van der Waals surface area contributed by atoms with Gasteiger partial charge in [-0.15, -0.1) is 0 Å². The van der Waals surface area contributed by atoms with Crippen molar-refractivity contribution in [2.75, 3.05) is 43.4 Å². The molecule has 0 saturated carbocycles. The number of hydrogen-bond acceptors (Lipinski definition) is 9. The fraction of sp³-hybridized carbons (Fsp3) is 0.400. The summed E-state index contributed by atoms with van der Waals surface area (Å²) in [4.78, 5) is 26.1. The van der Waals surface area contributed by atoms with Crippen molar-refractivity contribution in [1.82, 2.24) is 19.8 Å². The van der Waals surface area contributed by atoms with E-state index in [1.165, 1.54) is 0 Å². The van der Waals surface area contributed by atoms with Crippen LogP contribution in [0.2, 0.25) is 0 Å². The van der Waals surface area contributed by atoms with Gasteiger partial charge < -0.3 is 24.9 Å². The molecule has 4 N–H and O–H groups in total. The molecule has 0 aliphatic carbocycles. The maximum atomic E-state index is 12.2. The lowest BCUT2D eigenvalue weighted by Crippen LogP contribution is -2.52. The van der Waals surface area contributed by atoms with Crippen LogP contribution in [0, 0.1) is 0 Å². The van der Waals surface area contributed by atoms with Crippen LogP contribution in [0.4, 0.5) is 11.5 Å². The first-order valence-corrected chi connectivity index (χ1v) is 11.9. The first-order valence-electron chi connectivity index (χ1n) is 11.9. The summed E-state index contributed by atoms with van der Waals surface area (Å²) in [6.45, 7) is 9.80. The number of pyridine rings is 1. The van der Waals surface area contributed by atoms with Crippen LogP contribution in [0.1, 0.15) is 32.4 Å². The van der Waals surface area contributed by atoms with Gasteiger partial charge >= 0.3 is 5.76 Å². The minimum absolute atomic E-state index is 0.0158. The van der Waals surface area contributed by atoms with Crippen molar-refractivity contribution < 1.29 is 4.42 Å². The minimum Gasteiger partial charge on any atom is -0.408 e. The molecule has 184 valence electrons. The third-order valence-electron chi connectivity index (χ3n) is 6.59. The number of anilines is 2. The lowest BCUT2D eigenvalue weighted by atomic mass is 10.1. The molecule has 0 spiro atoms. The number of nitrogens with one attached hydrogen (secondary N) is 2. The number of allylic oxidation sites excluding steroid dienone is 1. The highest BCUT2D eigenvalue weighted by Crippen LogP contribution is 2.27. The number of nitrogens with two attached hydrogens (primary N) is 1. The van der Waals surface area contributed by atoms with Crippen molar-refractivity contribution in [2.45, 2.75) is 32.6 Å². The van der Waals surface area contributed by atoms with Crippen LogP contribution in [0.15, 0.2) is 62.1 Å². The lowest BCUT2D eigenvalue weighted by molar-refractivity contribution is 0.312. The number of likely N-dealkylation sites (N-methyl/N-ethyl adjacent to an activating group) is 1. The molecule has 1 aromatic carbocycles. The Morgan fingerprint density at radius 1 is 1.17 bits per heavy atom. The Labute approximate surface area is 204 Å². The van der Waals surface area contributed by atoms with Crippen molar-refractivity contribution in [3.05, 3.63) is 64.0 Å². The quantitative estimate of drug-likeness (QED) is 0.514. The number of rotatable bonds is 5. The van der Waals surface area contributed by atoms with E-state index in [4.69, 9.17) is 10.2 Å². The van der Waals surface area contributed by atoms with Crippen molar-refractivity contribution in [3.8, 4) is 0 Å². The summed E-state index contributed by atoms with van der Waals surface area (Å²) in [5, 5.41) is 6.73. The van der Waals surface area contributed by atoms with E-state index in [2.05, 4.69) is 37.5 Å². The number of hydrogen-bond donors (Lipinski definition) is 3. The van der Waals surface area contributed by atoms with Gasteiger partial charge in [-0.1, -0.05) is 0 Å². The average molecular weight is 477 g/mol. The smallest absolute Gasteiger partial charge is 0.408 e. The van der Waals surface area contributed by atoms with Crippen LogP contribution in [0.3, 0.4) is 0 Å². The molecule has 0 amide bonds. The maximum absolute atomic E-state index is 12.2. The highest BCUT2D eigenvalue weighted by molar-refractivity contribution is 5.83. The van der Waals surface area contributed by atoms with E-state index in [9.17, 15) is 4.79 Å². The summed E-state index contributed by atoms with van der Waals surface area (Å²) in [5.74, 6) is 0.153. The van der Waals surface area contributed by atoms with Crippen molar-refractivity contribution >= 4 is 28.8 Å². The fourth-order valence-electron chi connectivity index (χ4n) is 4.44. The van der Waals surface area contributed by atoms with Crippen molar-refractivity contribution in [3.63, 3.8) is 0 Å². The highest BCUT2D eigenvalue weighted by Gasteiger charge is 2.31. The zero-order valence-electron chi connectivity index (χ0n) is 20.6. The van der Waals surface area contributed by atoms with Crippen LogP contribution >= 0.6 is 0 Å². The summed E-state index contributed by atoms with van der Waals surface area (Å²) in [7, 11) is 2.14. The van der Waals surface area contributed by atoms with Gasteiger partial charge in [0.25, 0.3) is 0 Å². The van der Waals surface area contributed by atoms with Gasteiger partial charge in [0.1, 0.15) is 11.6 Å². The molecule has 10 nitrogen and oxygen atoms in total. The Balaban J connectivity index is 1.36. The number of aromatic nitrogens is 2. The second-order valence-corrected chi connectivity index (χ2v) is 9.54. The normalized spacial score (nSPS) is 21.1. The van der Waals surface area contributed by atoms with E-state index in [-0.39, 0.29) is 11.8 Å². The van der Waals surface area contributed by atoms with Crippen molar-refractivity contribution in [2.24, 2.45) is 10.7 Å². The van der Waals surface area contributed by atoms with Gasteiger partial charge in [0.15, 0.2) is 5.58 Å². The molecular weight excluding hydrogens is 444 g/mol. The van der Waals surface area contributed by atoms with Gasteiger partial charge in [-0.05, 0) is 58.2 Å². The summed E-state index contributed by atoms with van der Waals surface area (Å²) in [6, 6.07) is 9.52. The van der Waals surface area contributed by atoms with E-state index >= 15 is 0 Å². The Morgan fingerprint density at radius 2 is 1.94 bits per heavy atom. The van der Waals surface area contributed by atoms with Gasteiger partial charge in [-0.25, -0.2) is 14.8 Å². The largest absolute Gasteiger partial charge is 0.420 e. The van der Waals surface area contributed by atoms with E-state index in [1.807, 2.05) is 45.0 Å². The van der Waals surface area contributed by atoms with E-state index in [1.54, 1.807) is 23.0 Å². The van der Waals surface area contributed by atoms with Crippen LogP contribution in [0.25, 0.3) is 11.1 Å². The predicted octanol–water partition coefficient (Wildman–Crippen LogP) is 2.41. The maximum Gasteiger partial charge on any atom is 0.420 e. The molecule has 0 radical (unpaired) electrons. The molecule has 1 unspecified atom stereocenters. The van der Waals surface area contributed by atoms with E-state index in [0.29, 0.717) is 5.58 Å². The topological polar surface area (TPSA) is 117 Å². The van der Waals surface area contributed by atoms with Gasteiger partial charge in [-0.3, -0.25) is 10.3 Å². The Kier molecular flexibility index (Phi) is 5.86. The Hall–Kier alpha value is -3.63. The zero-order valence-corrected chi connectivity index (χ0v) is 20.6. The predicted molar refractivity (Wildman–Crippen MR) is 139 cm³/mol. The molecule has 5 rings (SSSR count). The molecule has 1 fully saturated rings. The van der Waals surface area contributed by atoms with E-state index in [0.717, 1.165) is 60.2 Å². The van der Waals surface area contributed by atoms with Gasteiger partial charge in [0.05, 0.1) is 5.52 Å². The molecule has 2 aliphatic rings. The van der Waals surface area contributed by atoms with Gasteiger partial charge in [-0.2, -0.15) is 0 Å². The number of nitrogens with zero attached hydrogens (tertiary/aromatic N) is 5. The number of fused-ring (bicyclic) bond motifs is 1. The summed E-state index contributed by atoms with van der Waals surface area (Å²) in [6.07, 6.45) is 3.54. The molecule has 1 saturated heterocycles. The van der Waals surface area contributed by atoms with Gasteiger partial charge in [0.2, 0.25) is 5.79 Å². The summed E-state index contributed by atoms with van der Waals surface area (Å²) in [5.41, 5.74) is 10.4. The number of oxazole rings is 1. The molecular formula is C25H32N8O2. The van der Waals surface area contributed by atoms with Crippen LogP contribution < -0.4 is 27.0 Å². The highest BCUT2D eigenvalue weighted by atomic mass is 16.4.